The third-order valence-electron chi connectivity index (χ3n) is 4.81. The molecular formula is C23H20FN3O3S3. The van der Waals surface area contributed by atoms with Gasteiger partial charge in [-0.15, -0.1) is 22.7 Å². The number of nitrogens with one attached hydrogen (secondary N) is 2. The Hall–Kier alpha value is -3.08. The highest BCUT2D eigenvalue weighted by Crippen LogP contribution is 2.30. The van der Waals surface area contributed by atoms with Crippen LogP contribution in [0.4, 0.5) is 10.1 Å². The molecule has 0 saturated heterocycles. The predicted octanol–water partition coefficient (Wildman–Crippen LogP) is 4.59. The van der Waals surface area contributed by atoms with Crippen LogP contribution in [-0.4, -0.2) is 19.3 Å². The molecule has 0 unspecified atom stereocenters. The lowest BCUT2D eigenvalue weighted by Gasteiger charge is -2.18. The molecule has 0 aliphatic carbocycles. The van der Waals surface area contributed by atoms with Crippen molar-refractivity contribution in [3.05, 3.63) is 94.1 Å². The van der Waals surface area contributed by atoms with E-state index in [2.05, 4.69) is 10.0 Å². The van der Waals surface area contributed by atoms with Crippen molar-refractivity contribution in [3.63, 3.8) is 0 Å². The maximum Gasteiger partial charge on any atom is 0.224 e. The van der Waals surface area contributed by atoms with E-state index in [1.54, 1.807) is 47.7 Å². The SMILES string of the molecule is O=C(Cc1cccc(F)c1)N[C@@H](Cc1ccc(N[SH](=O)=O)cc1)c1csc(-c2cccs2)n1. The number of carbonyl (C=O) groups is 1. The number of halogens is 1. The molecule has 1 atom stereocenters. The van der Waals surface area contributed by atoms with Crippen LogP contribution in [-0.2, 0) is 28.5 Å². The Balaban J connectivity index is 1.54. The van der Waals surface area contributed by atoms with Crippen LogP contribution in [0.5, 0.6) is 0 Å². The summed E-state index contributed by atoms with van der Waals surface area (Å²) in [7, 11) is -2.73. The van der Waals surface area contributed by atoms with E-state index in [4.69, 9.17) is 4.98 Å². The van der Waals surface area contributed by atoms with E-state index in [1.165, 1.54) is 23.5 Å². The van der Waals surface area contributed by atoms with Gasteiger partial charge in [-0.1, -0.05) is 30.3 Å². The van der Waals surface area contributed by atoms with Crippen LogP contribution in [0.3, 0.4) is 0 Å². The Morgan fingerprint density at radius 1 is 1.03 bits per heavy atom. The van der Waals surface area contributed by atoms with E-state index in [-0.39, 0.29) is 18.1 Å². The minimum Gasteiger partial charge on any atom is -0.347 e. The highest BCUT2D eigenvalue weighted by atomic mass is 32.2. The fourth-order valence-electron chi connectivity index (χ4n) is 3.32. The number of aromatic nitrogens is 1. The molecule has 0 fully saturated rings. The lowest BCUT2D eigenvalue weighted by Crippen LogP contribution is -2.31. The second kappa shape index (κ2) is 10.7. The Bertz CT molecular complexity index is 1290. The van der Waals surface area contributed by atoms with Gasteiger partial charge in [0.1, 0.15) is 10.8 Å². The second-order valence-corrected chi connectivity index (χ2v) is 9.80. The standard InChI is InChI=1S/C23H20FN3O3S3/c24-17-4-1-3-16(11-17)13-22(28)25-19(12-15-6-8-18(9-7-15)27-33(29)30)20-14-32-23(26-20)21-5-2-10-31-21/h1-11,14,19,33H,12-13H2,(H,25,28)(H,27,29,30)/t19-/m0/s1. The number of thiazole rings is 1. The van der Waals surface area contributed by atoms with Gasteiger partial charge in [-0.3, -0.25) is 9.52 Å². The van der Waals surface area contributed by atoms with Crippen LogP contribution >= 0.6 is 22.7 Å². The van der Waals surface area contributed by atoms with Crippen LogP contribution in [0.2, 0.25) is 0 Å². The quantitative estimate of drug-likeness (QED) is 0.293. The number of amides is 1. The van der Waals surface area contributed by atoms with Gasteiger partial charge in [-0.2, -0.15) is 0 Å². The number of hydrogen-bond donors (Lipinski definition) is 3. The first-order valence-electron chi connectivity index (χ1n) is 9.99. The maximum absolute atomic E-state index is 13.5. The number of benzene rings is 2. The average molecular weight is 502 g/mol. The number of thiol groups is 1. The Morgan fingerprint density at radius 3 is 2.55 bits per heavy atom. The maximum atomic E-state index is 13.5. The second-order valence-electron chi connectivity index (χ2n) is 7.25. The summed E-state index contributed by atoms with van der Waals surface area (Å²) in [5, 5.41) is 7.82. The predicted molar refractivity (Wildman–Crippen MR) is 130 cm³/mol. The molecule has 0 aliphatic rings. The van der Waals surface area contributed by atoms with E-state index >= 15 is 0 Å². The molecule has 6 nitrogen and oxygen atoms in total. The van der Waals surface area contributed by atoms with Gasteiger partial charge in [0.05, 0.1) is 23.0 Å². The first-order valence-corrected chi connectivity index (χ1v) is 12.9. The van der Waals surface area contributed by atoms with Gasteiger partial charge in [0.25, 0.3) is 0 Å². The minimum absolute atomic E-state index is 0.0512. The van der Waals surface area contributed by atoms with Crippen molar-refractivity contribution in [3.8, 4) is 9.88 Å². The minimum atomic E-state index is -2.73. The van der Waals surface area contributed by atoms with Crippen LogP contribution in [0, 0.1) is 5.82 Å². The molecule has 2 aromatic heterocycles. The van der Waals surface area contributed by atoms with Crippen molar-refractivity contribution in [1.82, 2.24) is 10.3 Å². The number of nitrogens with zero attached hydrogens (tertiary/aromatic N) is 1. The highest BCUT2D eigenvalue weighted by Gasteiger charge is 2.20. The van der Waals surface area contributed by atoms with Crippen LogP contribution in [0.15, 0.2) is 71.4 Å². The van der Waals surface area contributed by atoms with Gasteiger partial charge in [0.2, 0.25) is 16.8 Å². The number of anilines is 1. The smallest absolute Gasteiger partial charge is 0.224 e. The summed E-state index contributed by atoms with van der Waals surface area (Å²) >= 11 is 3.11. The Kier molecular flexibility index (Phi) is 7.48. The lowest BCUT2D eigenvalue weighted by atomic mass is 10.0. The monoisotopic (exact) mass is 501 g/mol. The summed E-state index contributed by atoms with van der Waals surface area (Å²) in [6, 6.07) is 16.5. The molecule has 33 heavy (non-hydrogen) atoms. The summed E-state index contributed by atoms with van der Waals surface area (Å²) in [6.07, 6.45) is 0.516. The van der Waals surface area contributed by atoms with Crippen molar-refractivity contribution in [2.75, 3.05) is 4.72 Å². The van der Waals surface area contributed by atoms with Gasteiger partial charge >= 0.3 is 0 Å². The van der Waals surface area contributed by atoms with E-state index in [1.807, 2.05) is 22.9 Å². The summed E-state index contributed by atoms with van der Waals surface area (Å²) < 4.78 is 37.6. The molecule has 0 aliphatic heterocycles. The molecule has 1 amide bonds. The Labute approximate surface area is 200 Å². The molecule has 10 heteroatoms. The van der Waals surface area contributed by atoms with E-state index < -0.39 is 16.9 Å². The molecule has 0 bridgehead atoms. The molecule has 0 spiro atoms. The zero-order valence-corrected chi connectivity index (χ0v) is 19.8. The van der Waals surface area contributed by atoms with Crippen molar-refractivity contribution in [1.29, 1.82) is 0 Å². The number of hydrogen-bond acceptors (Lipinski definition) is 6. The fourth-order valence-corrected chi connectivity index (χ4v) is 5.37. The molecule has 4 aromatic rings. The van der Waals surface area contributed by atoms with Gasteiger partial charge in [-0.25, -0.2) is 17.8 Å². The van der Waals surface area contributed by atoms with Crippen molar-refractivity contribution in [2.45, 2.75) is 18.9 Å². The number of rotatable bonds is 9. The molecule has 2 N–H and O–H groups in total. The molecule has 2 heterocycles. The van der Waals surface area contributed by atoms with Gasteiger partial charge < -0.3 is 5.32 Å². The third-order valence-corrected chi connectivity index (χ3v) is 7.15. The molecular weight excluding hydrogens is 481 g/mol. The lowest BCUT2D eigenvalue weighted by molar-refractivity contribution is -0.121. The van der Waals surface area contributed by atoms with Crippen LogP contribution in [0.1, 0.15) is 22.9 Å². The van der Waals surface area contributed by atoms with Crippen LogP contribution in [0.25, 0.3) is 9.88 Å². The van der Waals surface area contributed by atoms with E-state index in [0.29, 0.717) is 17.7 Å². The average Bonchev–Trinajstić information content (AvgIpc) is 3.46. The van der Waals surface area contributed by atoms with Crippen molar-refractivity contribution in [2.24, 2.45) is 0 Å². The Morgan fingerprint density at radius 2 is 1.85 bits per heavy atom. The first kappa shape index (κ1) is 23.1. The topological polar surface area (TPSA) is 88.2 Å². The van der Waals surface area contributed by atoms with Crippen molar-refractivity contribution < 1.29 is 17.6 Å². The van der Waals surface area contributed by atoms with Gasteiger partial charge in [-0.05, 0) is 53.3 Å². The zero-order valence-electron chi connectivity index (χ0n) is 17.2. The molecule has 2 aromatic carbocycles. The van der Waals surface area contributed by atoms with Gasteiger partial charge in [0.15, 0.2) is 0 Å². The number of carbonyl (C=O) groups excluding carboxylic acids is 1. The van der Waals surface area contributed by atoms with E-state index in [0.717, 1.165) is 21.1 Å². The third kappa shape index (κ3) is 6.47. The highest BCUT2D eigenvalue weighted by molar-refractivity contribution is 7.73. The fraction of sp³-hybridized carbons (Fsp3) is 0.130. The summed E-state index contributed by atoms with van der Waals surface area (Å²) in [4.78, 5) is 18.6. The summed E-state index contributed by atoms with van der Waals surface area (Å²) in [5.74, 6) is -0.622. The molecule has 4 rings (SSSR count). The largest absolute Gasteiger partial charge is 0.347 e. The van der Waals surface area contributed by atoms with Crippen LogP contribution < -0.4 is 10.0 Å². The molecule has 170 valence electrons. The molecule has 0 radical (unpaired) electrons. The molecule has 0 saturated carbocycles. The van der Waals surface area contributed by atoms with E-state index in [9.17, 15) is 17.6 Å². The van der Waals surface area contributed by atoms with Gasteiger partial charge in [0, 0.05) is 11.1 Å². The summed E-state index contributed by atoms with van der Waals surface area (Å²) in [5.41, 5.74) is 2.70. The number of thiophene rings is 1. The first-order chi connectivity index (χ1) is 16.0. The van der Waals surface area contributed by atoms with Crippen molar-refractivity contribution >= 4 is 45.2 Å². The normalized spacial score (nSPS) is 11.9. The zero-order chi connectivity index (χ0) is 23.2. The summed E-state index contributed by atoms with van der Waals surface area (Å²) in [6.45, 7) is 0.